The third-order valence-electron chi connectivity index (χ3n) is 2.84. The Morgan fingerprint density at radius 3 is 2.42 bits per heavy atom. The highest BCUT2D eigenvalue weighted by atomic mass is 79.9. The van der Waals surface area contributed by atoms with Crippen LogP contribution in [0.15, 0.2) is 10.7 Å². The minimum absolute atomic E-state index is 0.0665. The van der Waals surface area contributed by atoms with Crippen LogP contribution in [0.25, 0.3) is 0 Å². The minimum Gasteiger partial charge on any atom is -0.478 e. The third kappa shape index (κ3) is 6.37. The van der Waals surface area contributed by atoms with Crippen LogP contribution in [0.5, 0.6) is 5.88 Å². The lowest BCUT2D eigenvalue weighted by atomic mass is 9.96. The smallest absolute Gasteiger partial charge is 0.217 e. The van der Waals surface area contributed by atoms with Crippen LogP contribution in [-0.2, 0) is 5.41 Å². The zero-order valence-electron chi connectivity index (χ0n) is 12.5. The van der Waals surface area contributed by atoms with Gasteiger partial charge in [-0.3, -0.25) is 0 Å². The number of hydrogen-bond donors (Lipinski definition) is 0. The molecule has 0 bridgehead atoms. The Morgan fingerprint density at radius 1 is 1.11 bits per heavy atom. The molecule has 0 atom stereocenters. The normalized spacial score (nSPS) is 11.6. The molecule has 108 valence electrons. The molecule has 0 radical (unpaired) electrons. The lowest BCUT2D eigenvalue weighted by molar-refractivity contribution is 0.289. The van der Waals surface area contributed by atoms with E-state index in [-0.39, 0.29) is 5.41 Å². The number of unbranched alkanes of at least 4 members (excludes halogenated alkanes) is 4. The number of halogens is 1. The fourth-order valence-electron chi connectivity index (χ4n) is 1.69. The maximum atomic E-state index is 5.72. The molecule has 0 amide bonds. The van der Waals surface area contributed by atoms with Crippen molar-refractivity contribution < 1.29 is 4.74 Å². The summed E-state index contributed by atoms with van der Waals surface area (Å²) < 4.78 is 6.51. The highest BCUT2D eigenvalue weighted by molar-refractivity contribution is 9.10. The van der Waals surface area contributed by atoms with Crippen LogP contribution in [0.2, 0.25) is 0 Å². The number of nitrogens with zero attached hydrogens (tertiary/aromatic N) is 2. The van der Waals surface area contributed by atoms with E-state index in [9.17, 15) is 0 Å². The maximum absolute atomic E-state index is 5.72. The Morgan fingerprint density at radius 2 is 1.79 bits per heavy atom. The van der Waals surface area contributed by atoms with Crippen LogP contribution in [0.3, 0.4) is 0 Å². The second kappa shape index (κ2) is 7.83. The van der Waals surface area contributed by atoms with Crippen LogP contribution >= 0.6 is 15.9 Å². The van der Waals surface area contributed by atoms with Gasteiger partial charge in [0.25, 0.3) is 0 Å². The van der Waals surface area contributed by atoms with Gasteiger partial charge in [0.15, 0.2) is 0 Å². The maximum Gasteiger partial charge on any atom is 0.217 e. The topological polar surface area (TPSA) is 35.0 Å². The summed E-state index contributed by atoms with van der Waals surface area (Å²) in [7, 11) is 0. The van der Waals surface area contributed by atoms with Crippen molar-refractivity contribution >= 4 is 15.9 Å². The van der Waals surface area contributed by atoms with Gasteiger partial charge in [0.2, 0.25) is 5.88 Å². The standard InChI is InChI=1S/C15H25BrN2O/c1-5-6-7-8-9-10-19-13-11-12(16)17-14(18-13)15(2,3)4/h11H,5-10H2,1-4H3. The summed E-state index contributed by atoms with van der Waals surface area (Å²) >= 11 is 3.42. The van der Waals surface area contributed by atoms with Gasteiger partial charge < -0.3 is 4.74 Å². The van der Waals surface area contributed by atoms with Crippen molar-refractivity contribution in [2.45, 2.75) is 65.2 Å². The van der Waals surface area contributed by atoms with Gasteiger partial charge in [0.05, 0.1) is 6.61 Å². The summed E-state index contributed by atoms with van der Waals surface area (Å²) in [6.45, 7) is 9.26. The highest BCUT2D eigenvalue weighted by Gasteiger charge is 2.19. The predicted molar refractivity (Wildman–Crippen MR) is 82.7 cm³/mol. The number of ether oxygens (including phenoxy) is 1. The molecule has 0 unspecified atom stereocenters. The van der Waals surface area contributed by atoms with E-state index in [1.807, 2.05) is 6.07 Å². The Bertz CT molecular complexity index is 388. The first-order valence-corrected chi connectivity index (χ1v) is 7.90. The zero-order chi connectivity index (χ0) is 14.3. The molecule has 0 aliphatic carbocycles. The lowest BCUT2D eigenvalue weighted by Crippen LogP contribution is -2.16. The van der Waals surface area contributed by atoms with E-state index >= 15 is 0 Å². The molecule has 0 aliphatic rings. The number of hydrogen-bond acceptors (Lipinski definition) is 3. The van der Waals surface area contributed by atoms with E-state index < -0.39 is 0 Å². The summed E-state index contributed by atoms with van der Waals surface area (Å²) in [5.41, 5.74) is -0.0665. The van der Waals surface area contributed by atoms with E-state index in [2.05, 4.69) is 53.6 Å². The van der Waals surface area contributed by atoms with E-state index in [4.69, 9.17) is 4.74 Å². The van der Waals surface area contributed by atoms with Crippen LogP contribution in [0, 0.1) is 0 Å². The average Bonchev–Trinajstić information content (AvgIpc) is 2.32. The molecule has 0 N–H and O–H groups in total. The number of aromatic nitrogens is 2. The quantitative estimate of drug-likeness (QED) is 0.528. The molecule has 0 aromatic carbocycles. The fourth-order valence-corrected chi connectivity index (χ4v) is 2.05. The highest BCUT2D eigenvalue weighted by Crippen LogP contribution is 2.23. The second-order valence-corrected chi connectivity index (χ2v) is 6.68. The van der Waals surface area contributed by atoms with Gasteiger partial charge in [-0.1, -0.05) is 53.4 Å². The molecule has 19 heavy (non-hydrogen) atoms. The Hall–Kier alpha value is -0.640. The van der Waals surface area contributed by atoms with Gasteiger partial charge in [0.1, 0.15) is 10.4 Å². The van der Waals surface area contributed by atoms with Crippen LogP contribution in [0.1, 0.15) is 65.6 Å². The summed E-state index contributed by atoms with van der Waals surface area (Å²) in [5, 5.41) is 0. The van der Waals surface area contributed by atoms with E-state index in [1.54, 1.807) is 0 Å². The van der Waals surface area contributed by atoms with Crippen LogP contribution < -0.4 is 4.74 Å². The van der Waals surface area contributed by atoms with E-state index in [0.717, 1.165) is 23.5 Å². The van der Waals surface area contributed by atoms with Gasteiger partial charge in [-0.25, -0.2) is 4.98 Å². The van der Waals surface area contributed by atoms with Gasteiger partial charge in [-0.05, 0) is 22.4 Å². The second-order valence-electron chi connectivity index (χ2n) is 5.87. The predicted octanol–water partition coefficient (Wildman–Crippen LogP) is 4.89. The van der Waals surface area contributed by atoms with Crippen LogP contribution in [0.4, 0.5) is 0 Å². The molecule has 4 heteroatoms. The van der Waals surface area contributed by atoms with E-state index in [0.29, 0.717) is 5.88 Å². The molecular weight excluding hydrogens is 304 g/mol. The summed E-state index contributed by atoms with van der Waals surface area (Å²) in [4.78, 5) is 8.87. The third-order valence-corrected chi connectivity index (χ3v) is 3.25. The summed E-state index contributed by atoms with van der Waals surface area (Å²) in [5.74, 6) is 1.48. The summed E-state index contributed by atoms with van der Waals surface area (Å²) in [6.07, 6.45) is 6.20. The fraction of sp³-hybridized carbons (Fsp3) is 0.733. The molecule has 0 aliphatic heterocycles. The minimum atomic E-state index is -0.0665. The van der Waals surface area contributed by atoms with Crippen molar-refractivity contribution in [3.05, 3.63) is 16.5 Å². The molecule has 1 aromatic rings. The SMILES string of the molecule is CCCCCCCOc1cc(Br)nc(C(C)(C)C)n1. The Labute approximate surface area is 125 Å². The molecule has 0 saturated heterocycles. The zero-order valence-corrected chi connectivity index (χ0v) is 14.1. The first-order chi connectivity index (χ1) is 8.93. The molecule has 1 heterocycles. The molecule has 1 rings (SSSR count). The van der Waals surface area contributed by atoms with Gasteiger partial charge in [-0.15, -0.1) is 0 Å². The van der Waals surface area contributed by atoms with Crippen molar-refractivity contribution in [2.24, 2.45) is 0 Å². The molecule has 0 fully saturated rings. The Balaban J connectivity index is 2.48. The van der Waals surface area contributed by atoms with Gasteiger partial charge in [-0.2, -0.15) is 4.98 Å². The first-order valence-electron chi connectivity index (χ1n) is 7.11. The van der Waals surface area contributed by atoms with E-state index in [1.165, 1.54) is 25.7 Å². The number of rotatable bonds is 7. The lowest BCUT2D eigenvalue weighted by Gasteiger charge is -2.17. The van der Waals surface area contributed by atoms with Crippen molar-refractivity contribution in [3.63, 3.8) is 0 Å². The largest absolute Gasteiger partial charge is 0.478 e. The first kappa shape index (κ1) is 16.4. The van der Waals surface area contributed by atoms with Crippen LogP contribution in [-0.4, -0.2) is 16.6 Å². The average molecular weight is 329 g/mol. The van der Waals surface area contributed by atoms with Gasteiger partial charge >= 0.3 is 0 Å². The molecule has 1 aromatic heterocycles. The monoisotopic (exact) mass is 328 g/mol. The van der Waals surface area contributed by atoms with Crippen molar-refractivity contribution in [1.29, 1.82) is 0 Å². The van der Waals surface area contributed by atoms with Gasteiger partial charge in [0, 0.05) is 11.5 Å². The summed E-state index contributed by atoms with van der Waals surface area (Å²) in [6, 6.07) is 1.83. The molecule has 0 spiro atoms. The van der Waals surface area contributed by atoms with Crippen molar-refractivity contribution in [2.75, 3.05) is 6.61 Å². The molecule has 3 nitrogen and oxygen atoms in total. The van der Waals surface area contributed by atoms with Crippen molar-refractivity contribution in [1.82, 2.24) is 9.97 Å². The molecule has 0 saturated carbocycles. The Kier molecular flexibility index (Phi) is 6.76. The van der Waals surface area contributed by atoms with Crippen molar-refractivity contribution in [3.8, 4) is 5.88 Å². The molecular formula is C15H25BrN2O.